The Labute approximate surface area is 158 Å². The maximum absolute atomic E-state index is 10.4. The summed E-state index contributed by atoms with van der Waals surface area (Å²) in [5, 5.41) is 41.6. The normalized spacial score (nSPS) is 9.73. The smallest absolute Gasteiger partial charge is 0.549 e. The molecule has 0 amide bonds. The van der Waals surface area contributed by atoms with E-state index in [9.17, 15) is 39.6 Å². The van der Waals surface area contributed by atoms with Crippen LogP contribution in [-0.4, -0.2) is 72.9 Å². The number of carbonyl (C=O) groups excluding carboxylic acids is 4. The van der Waals surface area contributed by atoms with Crippen molar-refractivity contribution in [1.29, 1.82) is 0 Å². The van der Waals surface area contributed by atoms with Crippen LogP contribution < -0.4 is 50.0 Å². The summed E-state index contributed by atoms with van der Waals surface area (Å²) in [5.41, 5.74) is 0. The predicted molar refractivity (Wildman–Crippen MR) is 52.9 cm³/mol. The Morgan fingerprint density at radius 1 is 0.591 bits per heavy atom. The van der Waals surface area contributed by atoms with Crippen molar-refractivity contribution >= 4 is 23.9 Å². The van der Waals surface area contributed by atoms with Crippen LogP contribution >= 0.6 is 0 Å². The molecule has 12 heteroatoms. The average molecular weight is 367 g/mol. The van der Waals surface area contributed by atoms with Gasteiger partial charge in [0.1, 0.15) is 0 Å². The summed E-state index contributed by atoms with van der Waals surface area (Å²) in [6, 6.07) is 0. The molecular formula is C10H12FeN2NaO8. The van der Waals surface area contributed by atoms with Crippen molar-refractivity contribution in [3.63, 3.8) is 0 Å². The average Bonchev–Trinajstić information content (AvgIpc) is 2.22. The fourth-order valence-corrected chi connectivity index (χ4v) is 1.44. The third-order valence-electron chi connectivity index (χ3n) is 2.14. The molecule has 119 valence electrons. The van der Waals surface area contributed by atoms with Gasteiger partial charge in [-0.25, -0.2) is 0 Å². The van der Waals surface area contributed by atoms with E-state index in [1.54, 1.807) is 0 Å². The standard InChI is InChI=1S/C10H16N2O8.Fe.Na/c13-7(14)3-11(4-8(15)16)1-2-12(5-9(17)18)6-10(19)20;;/h1-6H2,(H,13,14)(H,15,16)(H,17,18)(H,19,20);;/q;+3;+1/p-4. The summed E-state index contributed by atoms with van der Waals surface area (Å²) >= 11 is 0. The molecule has 0 fully saturated rings. The number of rotatable bonds is 11. The van der Waals surface area contributed by atoms with E-state index < -0.39 is 50.1 Å². The summed E-state index contributed by atoms with van der Waals surface area (Å²) in [6.07, 6.45) is 0. The molecule has 0 atom stereocenters. The van der Waals surface area contributed by atoms with Gasteiger partial charge < -0.3 is 39.6 Å². The second kappa shape index (κ2) is 13.9. The van der Waals surface area contributed by atoms with Gasteiger partial charge in [-0.2, -0.15) is 0 Å². The Morgan fingerprint density at radius 2 is 0.773 bits per heavy atom. The zero-order valence-corrected chi connectivity index (χ0v) is 14.9. The third-order valence-corrected chi connectivity index (χ3v) is 2.14. The molecule has 0 saturated heterocycles. The summed E-state index contributed by atoms with van der Waals surface area (Å²) in [7, 11) is 0. The first-order chi connectivity index (χ1) is 9.20. The van der Waals surface area contributed by atoms with E-state index in [-0.39, 0.29) is 59.7 Å². The topological polar surface area (TPSA) is 167 Å². The van der Waals surface area contributed by atoms with Crippen LogP contribution in [0.3, 0.4) is 0 Å². The van der Waals surface area contributed by atoms with E-state index >= 15 is 0 Å². The Bertz CT molecular complexity index is 327. The van der Waals surface area contributed by atoms with Crippen molar-refractivity contribution in [2.45, 2.75) is 0 Å². The van der Waals surface area contributed by atoms with E-state index in [0.717, 1.165) is 9.80 Å². The van der Waals surface area contributed by atoms with Gasteiger partial charge in [0, 0.05) is 39.3 Å². The second-order valence-corrected chi connectivity index (χ2v) is 3.91. The molecule has 0 saturated carbocycles. The van der Waals surface area contributed by atoms with Crippen molar-refractivity contribution < 1.29 is 86.2 Å². The minimum atomic E-state index is -1.53. The van der Waals surface area contributed by atoms with Gasteiger partial charge in [-0.05, 0) is 0 Å². The Kier molecular flexibility index (Phi) is 16.6. The molecule has 0 aromatic heterocycles. The van der Waals surface area contributed by atoms with Crippen LogP contribution in [0, 0.1) is 0 Å². The molecule has 22 heavy (non-hydrogen) atoms. The molecule has 10 nitrogen and oxygen atoms in total. The van der Waals surface area contributed by atoms with Crippen LogP contribution in [0.25, 0.3) is 0 Å². The molecule has 0 aliphatic heterocycles. The molecule has 0 spiro atoms. The summed E-state index contributed by atoms with van der Waals surface area (Å²) in [4.78, 5) is 43.4. The Hall–Kier alpha value is -0.681. The molecule has 0 aliphatic carbocycles. The van der Waals surface area contributed by atoms with Crippen molar-refractivity contribution in [3.05, 3.63) is 0 Å². The SMILES string of the molecule is O=C([O-])CN(CCN(CC(=O)[O-])CC(=O)[O-])CC(=O)[O-].[Fe+3].[Na+]. The maximum Gasteiger partial charge on any atom is 3.00 e. The molecule has 0 bridgehead atoms. The van der Waals surface area contributed by atoms with Crippen LogP contribution in [-0.2, 0) is 36.2 Å². The zero-order chi connectivity index (χ0) is 15.7. The predicted octanol–water partition coefficient (Wildman–Crippen LogP) is -10.4. The minimum absolute atomic E-state index is 0. The number of carboxylic acid groups (broad SMARTS) is 4. The Balaban J connectivity index is -0.00000180. The maximum atomic E-state index is 10.4. The first kappa shape index (κ1) is 26.2. The van der Waals surface area contributed by atoms with Crippen LogP contribution in [0.2, 0.25) is 0 Å². The van der Waals surface area contributed by atoms with Gasteiger partial charge in [-0.15, -0.1) is 0 Å². The summed E-state index contributed by atoms with van der Waals surface area (Å²) in [6.45, 7) is -3.25. The number of carbonyl (C=O) groups is 4. The van der Waals surface area contributed by atoms with Gasteiger partial charge in [0.15, 0.2) is 0 Å². The van der Waals surface area contributed by atoms with Gasteiger partial charge in [0.2, 0.25) is 0 Å². The first-order valence-corrected chi connectivity index (χ1v) is 5.44. The fourth-order valence-electron chi connectivity index (χ4n) is 1.44. The number of aliphatic carboxylic acids is 4. The van der Waals surface area contributed by atoms with Crippen LogP contribution in [0.15, 0.2) is 0 Å². The van der Waals surface area contributed by atoms with Gasteiger partial charge in [0.05, 0.1) is 23.9 Å². The molecule has 0 aromatic rings. The number of nitrogens with zero attached hydrogens (tertiary/aromatic N) is 2. The van der Waals surface area contributed by atoms with E-state index in [1.807, 2.05) is 0 Å². The number of hydrogen-bond acceptors (Lipinski definition) is 10. The molecule has 0 N–H and O–H groups in total. The van der Waals surface area contributed by atoms with Crippen LogP contribution in [0.4, 0.5) is 0 Å². The van der Waals surface area contributed by atoms with E-state index in [2.05, 4.69) is 0 Å². The molecule has 0 unspecified atom stereocenters. The molecule has 0 aromatic carbocycles. The molecule has 0 heterocycles. The van der Waals surface area contributed by atoms with E-state index in [1.165, 1.54) is 0 Å². The van der Waals surface area contributed by atoms with E-state index in [0.29, 0.717) is 0 Å². The van der Waals surface area contributed by atoms with E-state index in [4.69, 9.17) is 0 Å². The van der Waals surface area contributed by atoms with Gasteiger partial charge in [0.25, 0.3) is 0 Å². The number of carboxylic acids is 4. The molecule has 1 radical (unpaired) electrons. The largest absolute Gasteiger partial charge is 3.00 e. The van der Waals surface area contributed by atoms with Crippen molar-refractivity contribution in [2.24, 2.45) is 0 Å². The van der Waals surface area contributed by atoms with Gasteiger partial charge in [-0.1, -0.05) is 0 Å². The molecule has 0 aliphatic rings. The van der Waals surface area contributed by atoms with Crippen LogP contribution in [0.5, 0.6) is 0 Å². The van der Waals surface area contributed by atoms with Crippen molar-refractivity contribution in [1.82, 2.24) is 9.80 Å². The van der Waals surface area contributed by atoms with Crippen LogP contribution in [0.1, 0.15) is 0 Å². The number of hydrogen-bond donors (Lipinski definition) is 0. The monoisotopic (exact) mass is 367 g/mol. The molecule has 0 rings (SSSR count). The van der Waals surface area contributed by atoms with Crippen molar-refractivity contribution in [2.75, 3.05) is 39.3 Å². The first-order valence-electron chi connectivity index (χ1n) is 5.44. The summed E-state index contributed by atoms with van der Waals surface area (Å²) < 4.78 is 0. The quantitative estimate of drug-likeness (QED) is 0.320. The zero-order valence-electron chi connectivity index (χ0n) is 11.8. The minimum Gasteiger partial charge on any atom is -0.549 e. The van der Waals surface area contributed by atoms with Gasteiger partial charge in [-0.3, -0.25) is 9.80 Å². The summed E-state index contributed by atoms with van der Waals surface area (Å²) in [5.74, 6) is -6.12. The van der Waals surface area contributed by atoms with Gasteiger partial charge >= 0.3 is 46.6 Å². The third kappa shape index (κ3) is 15.7. The molecular weight excluding hydrogens is 355 g/mol. The van der Waals surface area contributed by atoms with Crippen molar-refractivity contribution in [3.8, 4) is 0 Å². The second-order valence-electron chi connectivity index (χ2n) is 3.91. The Morgan fingerprint density at radius 3 is 0.909 bits per heavy atom. The fraction of sp³-hybridized carbons (Fsp3) is 0.600.